The van der Waals surface area contributed by atoms with Gasteiger partial charge in [-0.15, -0.1) is 0 Å². The Balaban J connectivity index is 0.000000154. The SMILES string of the molecule is CC(C)Cc1cc(-c2ccccc2)ncc1[Si](C)(C)C.CC(C)Cc1ccnc(-c2ccccc2)c1.[Ir].c1ccc(-c2cccc3oc4c(-c5nccc6c5CCCC6)cccc4c23)cc1. The van der Waals surface area contributed by atoms with Crippen LogP contribution in [0.4, 0.5) is 0 Å². The molecule has 66 heavy (non-hydrogen) atoms. The average Bonchev–Trinajstić information content (AvgIpc) is 3.71. The van der Waals surface area contributed by atoms with Gasteiger partial charge in [0.1, 0.15) is 11.2 Å². The molecule has 0 saturated carbocycles. The molecule has 6 heteroatoms. The summed E-state index contributed by atoms with van der Waals surface area (Å²) in [5, 5.41) is 3.85. The summed E-state index contributed by atoms with van der Waals surface area (Å²) < 4.78 is 6.45. The molecule has 0 N–H and O–H groups in total. The fourth-order valence-corrected chi connectivity index (χ4v) is 10.8. The molecule has 10 rings (SSSR count). The maximum absolute atomic E-state index is 6.45. The number of pyridine rings is 3. The first kappa shape index (κ1) is 48.2. The molecule has 0 spiro atoms. The van der Waals surface area contributed by atoms with Crippen LogP contribution in [0.25, 0.3) is 66.8 Å². The van der Waals surface area contributed by atoms with Gasteiger partial charge in [-0.2, -0.15) is 0 Å². The van der Waals surface area contributed by atoms with Crippen molar-refractivity contribution in [2.75, 3.05) is 0 Å². The number of furan rings is 1. The molecule has 9 aromatic rings. The third-order valence-corrected chi connectivity index (χ3v) is 14.2. The first-order valence-electron chi connectivity index (χ1n) is 23.6. The van der Waals surface area contributed by atoms with Gasteiger partial charge in [-0.1, -0.05) is 163 Å². The molecule has 0 bridgehead atoms. The van der Waals surface area contributed by atoms with Gasteiger partial charge in [0.15, 0.2) is 0 Å². The van der Waals surface area contributed by atoms with E-state index in [1.165, 1.54) is 67.9 Å². The summed E-state index contributed by atoms with van der Waals surface area (Å²) in [6.45, 7) is 16.3. The zero-order valence-corrected chi connectivity index (χ0v) is 43.0. The number of hydrogen-bond donors (Lipinski definition) is 0. The maximum atomic E-state index is 6.45. The second kappa shape index (κ2) is 22.1. The number of aryl methyl sites for hydroxylation is 1. The number of fused-ring (bicyclic) bond motifs is 4. The van der Waals surface area contributed by atoms with Crippen LogP contribution in [0, 0.1) is 11.8 Å². The summed E-state index contributed by atoms with van der Waals surface area (Å²) in [6.07, 6.45) is 13.0. The Kier molecular flexibility index (Phi) is 16.2. The van der Waals surface area contributed by atoms with Crippen LogP contribution in [0.3, 0.4) is 0 Å². The largest absolute Gasteiger partial charge is 0.455 e. The van der Waals surface area contributed by atoms with E-state index < -0.39 is 8.07 Å². The van der Waals surface area contributed by atoms with Gasteiger partial charge < -0.3 is 4.42 Å². The molecule has 1 aliphatic carbocycles. The summed E-state index contributed by atoms with van der Waals surface area (Å²) in [6, 6.07) is 52.9. The standard InChI is InChI=1S/C27H21NO.C18H25NSi.C15H17N.Ir/c1-2-8-18(9-3-1)20-12-7-15-24-25(20)22-13-6-14-23(27(22)29-24)26-21-11-5-4-10-19(21)16-17-28-26;1-14(2)11-16-12-17(15-9-7-6-8-10-15)19-13-18(16)20(3,4)5;1-12(2)10-13-8-9-16-15(11-13)14-6-4-3-5-7-14;/h1-3,6-9,12-17H,4-5,10-11H2;6-10,12-14H,11H2,1-5H3;3-9,11-12H,10H2,1-2H3;. The molecule has 1 aliphatic rings. The molecule has 4 heterocycles. The fraction of sp³-hybridized carbons (Fsp3) is 0.250. The normalized spacial score (nSPS) is 12.2. The molecular formula is C60H63IrN3OSi. The van der Waals surface area contributed by atoms with E-state index in [2.05, 4.69) is 192 Å². The minimum absolute atomic E-state index is 0. The molecule has 1 radical (unpaired) electrons. The molecule has 0 unspecified atom stereocenters. The van der Waals surface area contributed by atoms with Crippen molar-refractivity contribution in [1.29, 1.82) is 0 Å². The van der Waals surface area contributed by atoms with E-state index in [0.717, 1.165) is 64.9 Å². The van der Waals surface area contributed by atoms with Crippen LogP contribution < -0.4 is 5.19 Å². The Hall–Kier alpha value is -5.78. The van der Waals surface area contributed by atoms with Crippen molar-refractivity contribution < 1.29 is 24.5 Å². The second-order valence-corrected chi connectivity index (χ2v) is 24.3. The van der Waals surface area contributed by atoms with Crippen molar-refractivity contribution in [1.82, 2.24) is 15.0 Å². The van der Waals surface area contributed by atoms with Crippen LogP contribution in [-0.4, -0.2) is 23.0 Å². The number of aromatic nitrogens is 3. The van der Waals surface area contributed by atoms with Crippen LogP contribution in [0.5, 0.6) is 0 Å². The molecule has 5 aromatic carbocycles. The number of nitrogens with zero attached hydrogens (tertiary/aromatic N) is 3. The van der Waals surface area contributed by atoms with Crippen LogP contribution >= 0.6 is 0 Å². The number of para-hydroxylation sites is 1. The molecule has 4 aromatic heterocycles. The van der Waals surface area contributed by atoms with Gasteiger partial charge in [-0.05, 0) is 125 Å². The Morgan fingerprint density at radius 3 is 1.80 bits per heavy atom. The van der Waals surface area contributed by atoms with Crippen molar-refractivity contribution in [2.24, 2.45) is 11.8 Å². The van der Waals surface area contributed by atoms with Gasteiger partial charge in [0.05, 0.1) is 25.2 Å². The van der Waals surface area contributed by atoms with Crippen LogP contribution in [0.2, 0.25) is 19.6 Å². The van der Waals surface area contributed by atoms with E-state index in [1.807, 2.05) is 30.6 Å². The smallest absolute Gasteiger partial charge is 0.144 e. The molecule has 0 aliphatic heterocycles. The monoisotopic (exact) mass is 1060 g/mol. The first-order valence-corrected chi connectivity index (χ1v) is 27.1. The van der Waals surface area contributed by atoms with E-state index in [9.17, 15) is 0 Å². The van der Waals surface area contributed by atoms with Gasteiger partial charge in [0.25, 0.3) is 0 Å². The molecule has 4 nitrogen and oxygen atoms in total. The minimum atomic E-state index is -1.33. The van der Waals surface area contributed by atoms with Gasteiger partial charge in [0, 0.05) is 66.2 Å². The van der Waals surface area contributed by atoms with E-state index in [0.29, 0.717) is 11.8 Å². The molecule has 0 amide bonds. The Morgan fingerprint density at radius 2 is 1.15 bits per heavy atom. The van der Waals surface area contributed by atoms with Gasteiger partial charge in [0.2, 0.25) is 0 Å². The molecular weight excluding hydrogens is 999 g/mol. The number of rotatable bonds is 9. The fourth-order valence-electron chi connectivity index (χ4n) is 9.17. The zero-order chi connectivity index (χ0) is 45.3. The van der Waals surface area contributed by atoms with Gasteiger partial charge >= 0.3 is 0 Å². The van der Waals surface area contributed by atoms with E-state index >= 15 is 0 Å². The van der Waals surface area contributed by atoms with Crippen molar-refractivity contribution >= 4 is 35.2 Å². The van der Waals surface area contributed by atoms with E-state index in [4.69, 9.17) is 14.4 Å². The molecule has 0 atom stereocenters. The number of benzene rings is 5. The molecule has 0 fully saturated rings. The zero-order valence-electron chi connectivity index (χ0n) is 39.6. The molecule has 337 valence electrons. The van der Waals surface area contributed by atoms with Crippen LogP contribution in [-0.2, 0) is 45.8 Å². The predicted octanol–water partition coefficient (Wildman–Crippen LogP) is 15.6. The Bertz CT molecular complexity index is 2970. The maximum Gasteiger partial charge on any atom is 0.144 e. The summed E-state index contributed by atoms with van der Waals surface area (Å²) in [5.74, 6) is 1.36. The second-order valence-electron chi connectivity index (χ2n) is 19.3. The first-order chi connectivity index (χ1) is 31.5. The van der Waals surface area contributed by atoms with Gasteiger partial charge in [-0.25, -0.2) is 0 Å². The topological polar surface area (TPSA) is 51.8 Å². The molecule has 0 saturated heterocycles. The summed E-state index contributed by atoms with van der Waals surface area (Å²) in [5.41, 5.74) is 16.8. The predicted molar refractivity (Wildman–Crippen MR) is 278 cm³/mol. The summed E-state index contributed by atoms with van der Waals surface area (Å²) in [4.78, 5) is 13.9. The van der Waals surface area contributed by atoms with Crippen LogP contribution in [0.15, 0.2) is 175 Å². The Morgan fingerprint density at radius 1 is 0.561 bits per heavy atom. The van der Waals surface area contributed by atoms with E-state index in [1.54, 1.807) is 0 Å². The average molecular weight is 1060 g/mol. The quantitative estimate of drug-likeness (QED) is 0.135. The summed E-state index contributed by atoms with van der Waals surface area (Å²) >= 11 is 0. The Labute approximate surface area is 407 Å². The van der Waals surface area contributed by atoms with Crippen molar-refractivity contribution in [3.63, 3.8) is 0 Å². The summed E-state index contributed by atoms with van der Waals surface area (Å²) in [7, 11) is -1.33. The number of hydrogen-bond acceptors (Lipinski definition) is 4. The van der Waals surface area contributed by atoms with Crippen LogP contribution in [0.1, 0.15) is 62.8 Å². The third-order valence-electron chi connectivity index (χ3n) is 12.2. The van der Waals surface area contributed by atoms with Crippen molar-refractivity contribution in [2.45, 2.75) is 85.9 Å². The van der Waals surface area contributed by atoms with Crippen molar-refractivity contribution in [3.8, 4) is 44.9 Å². The third kappa shape index (κ3) is 11.6. The minimum Gasteiger partial charge on any atom is -0.455 e. The van der Waals surface area contributed by atoms with Crippen molar-refractivity contribution in [3.05, 3.63) is 193 Å². The van der Waals surface area contributed by atoms with E-state index in [-0.39, 0.29) is 20.1 Å². The van der Waals surface area contributed by atoms with Gasteiger partial charge in [-0.3, -0.25) is 15.0 Å².